The molecule has 0 spiro atoms. The van der Waals surface area contributed by atoms with Gasteiger partial charge in [-0.05, 0) is 6.92 Å². The number of hydrogen-bond acceptors (Lipinski definition) is 7. The second-order valence-corrected chi connectivity index (χ2v) is 6.18. The van der Waals surface area contributed by atoms with Gasteiger partial charge in [-0.2, -0.15) is 0 Å². The molecule has 0 bridgehead atoms. The van der Waals surface area contributed by atoms with Gasteiger partial charge in [-0.15, -0.1) is 5.10 Å². The number of rotatable bonds is 6. The lowest BCUT2D eigenvalue weighted by molar-refractivity contribution is -0.0464. The van der Waals surface area contributed by atoms with E-state index in [-0.39, 0.29) is 31.8 Å². The second kappa shape index (κ2) is 7.48. The number of aliphatic hydroxyl groups is 2. The van der Waals surface area contributed by atoms with Crippen LogP contribution in [0.5, 0.6) is 0 Å². The zero-order valence-corrected chi connectivity index (χ0v) is 14.2. The largest absolute Gasteiger partial charge is 0.394 e. The van der Waals surface area contributed by atoms with Gasteiger partial charge in [0, 0.05) is 18.2 Å². The summed E-state index contributed by atoms with van der Waals surface area (Å²) in [4.78, 5) is 25.0. The molecule has 2 aromatic heterocycles. The number of alkyl halides is 1. The van der Waals surface area contributed by atoms with Crippen LogP contribution in [0.25, 0.3) is 0 Å². The molecule has 26 heavy (non-hydrogen) atoms. The molecule has 10 nitrogen and oxygen atoms in total. The van der Waals surface area contributed by atoms with E-state index in [9.17, 15) is 24.2 Å². The Morgan fingerprint density at radius 2 is 2.12 bits per heavy atom. The van der Waals surface area contributed by atoms with E-state index in [0.717, 1.165) is 4.57 Å². The van der Waals surface area contributed by atoms with E-state index in [1.165, 1.54) is 21.6 Å². The van der Waals surface area contributed by atoms with Crippen LogP contribution in [-0.4, -0.2) is 53.2 Å². The Kier molecular flexibility index (Phi) is 5.30. The van der Waals surface area contributed by atoms with Crippen molar-refractivity contribution in [3.8, 4) is 0 Å². The van der Waals surface area contributed by atoms with Crippen LogP contribution < -0.4 is 11.2 Å². The molecular weight excluding hydrogens is 349 g/mol. The number of ether oxygens (including phenoxy) is 1. The van der Waals surface area contributed by atoms with Gasteiger partial charge in [-0.25, -0.2) is 9.18 Å². The number of hydrogen-bond donors (Lipinski definition) is 2. The predicted octanol–water partition coefficient (Wildman–Crippen LogP) is -1.28. The summed E-state index contributed by atoms with van der Waals surface area (Å²) in [6.45, 7) is 0.644. The van der Waals surface area contributed by atoms with Crippen LogP contribution in [-0.2, 0) is 24.5 Å². The van der Waals surface area contributed by atoms with E-state index < -0.39 is 36.4 Å². The normalized spacial score (nSPS) is 22.8. The maximum absolute atomic E-state index is 12.7. The molecule has 0 aliphatic carbocycles. The van der Waals surface area contributed by atoms with Crippen molar-refractivity contribution in [2.24, 2.45) is 0 Å². The summed E-state index contributed by atoms with van der Waals surface area (Å²) >= 11 is 0. The summed E-state index contributed by atoms with van der Waals surface area (Å²) in [5.41, 5.74) is -0.544. The van der Waals surface area contributed by atoms with E-state index in [4.69, 9.17) is 4.74 Å². The number of aromatic nitrogens is 5. The highest BCUT2D eigenvalue weighted by atomic mass is 19.1. The quantitative estimate of drug-likeness (QED) is 0.650. The van der Waals surface area contributed by atoms with Crippen molar-refractivity contribution >= 4 is 0 Å². The minimum absolute atomic E-state index is 0.0210. The van der Waals surface area contributed by atoms with Crippen LogP contribution in [0.1, 0.15) is 23.9 Å². The molecular formula is C15H20FN5O5. The SMILES string of the molecule is Cc1cn(C2C[C@H](O)[C@@H](CO)O2)c(=O)n(CCn2cc(CF)nn2)c1=O. The van der Waals surface area contributed by atoms with Gasteiger partial charge in [0.2, 0.25) is 0 Å². The van der Waals surface area contributed by atoms with Crippen molar-refractivity contribution in [3.05, 3.63) is 44.5 Å². The molecule has 1 fully saturated rings. The molecule has 0 radical (unpaired) electrons. The summed E-state index contributed by atoms with van der Waals surface area (Å²) < 4.78 is 21.7. The summed E-state index contributed by atoms with van der Waals surface area (Å²) in [5.74, 6) is 0. The molecule has 1 aliphatic rings. The molecule has 3 atom stereocenters. The average Bonchev–Trinajstić information content (AvgIpc) is 3.24. The molecule has 11 heteroatoms. The fourth-order valence-corrected chi connectivity index (χ4v) is 2.92. The highest BCUT2D eigenvalue weighted by molar-refractivity contribution is 5.04. The van der Waals surface area contributed by atoms with Crippen LogP contribution in [0.3, 0.4) is 0 Å². The highest BCUT2D eigenvalue weighted by Crippen LogP contribution is 2.27. The lowest BCUT2D eigenvalue weighted by atomic mass is 10.2. The van der Waals surface area contributed by atoms with Gasteiger partial charge in [-0.1, -0.05) is 5.21 Å². The fraction of sp³-hybridized carbons (Fsp3) is 0.600. The molecule has 0 amide bonds. The van der Waals surface area contributed by atoms with E-state index >= 15 is 0 Å². The fourth-order valence-electron chi connectivity index (χ4n) is 2.92. The minimum atomic E-state index is -0.896. The van der Waals surface area contributed by atoms with Crippen molar-refractivity contribution < 1.29 is 19.3 Å². The lowest BCUT2D eigenvalue weighted by Gasteiger charge is -2.17. The molecule has 2 N–H and O–H groups in total. The van der Waals surface area contributed by atoms with Gasteiger partial charge >= 0.3 is 5.69 Å². The maximum atomic E-state index is 12.7. The third-order valence-corrected chi connectivity index (χ3v) is 4.34. The Morgan fingerprint density at radius 3 is 2.73 bits per heavy atom. The van der Waals surface area contributed by atoms with Crippen LogP contribution in [0, 0.1) is 6.92 Å². The van der Waals surface area contributed by atoms with Crippen molar-refractivity contribution in [3.63, 3.8) is 0 Å². The summed E-state index contributed by atoms with van der Waals surface area (Å²) in [6.07, 6.45) is 0.473. The van der Waals surface area contributed by atoms with Crippen LogP contribution >= 0.6 is 0 Å². The van der Waals surface area contributed by atoms with Gasteiger partial charge in [-0.3, -0.25) is 18.6 Å². The Hall–Kier alpha value is -2.37. The first-order valence-electron chi connectivity index (χ1n) is 8.16. The molecule has 3 heterocycles. The van der Waals surface area contributed by atoms with Crippen LogP contribution in [0.4, 0.5) is 4.39 Å². The minimum Gasteiger partial charge on any atom is -0.394 e. The predicted molar refractivity (Wildman–Crippen MR) is 86.2 cm³/mol. The molecule has 0 aromatic carbocycles. The van der Waals surface area contributed by atoms with E-state index in [2.05, 4.69) is 10.3 Å². The summed E-state index contributed by atoms with van der Waals surface area (Å²) in [5, 5.41) is 26.4. The first-order chi connectivity index (χ1) is 12.4. The summed E-state index contributed by atoms with van der Waals surface area (Å²) in [7, 11) is 0. The van der Waals surface area contributed by atoms with Crippen molar-refractivity contribution in [2.75, 3.05) is 6.61 Å². The Balaban J connectivity index is 1.87. The molecule has 2 aromatic rings. The van der Waals surface area contributed by atoms with Gasteiger partial charge in [0.1, 0.15) is 24.7 Å². The first-order valence-corrected chi connectivity index (χ1v) is 8.16. The summed E-state index contributed by atoms with van der Waals surface area (Å²) in [6, 6.07) is 0. The van der Waals surface area contributed by atoms with Crippen LogP contribution in [0.2, 0.25) is 0 Å². The Bertz CT molecular complexity index is 891. The Labute approximate surface area is 147 Å². The molecule has 142 valence electrons. The number of aryl methyl sites for hydroxylation is 2. The monoisotopic (exact) mass is 369 g/mol. The molecule has 0 saturated carbocycles. The first kappa shape index (κ1) is 18.4. The second-order valence-electron chi connectivity index (χ2n) is 6.18. The lowest BCUT2D eigenvalue weighted by Crippen LogP contribution is -2.42. The molecule has 1 saturated heterocycles. The standard InChI is InChI=1S/C15H20FN5O5/c1-9-6-21(13-4-11(23)12(8-22)26-13)15(25)20(14(9)24)3-2-19-7-10(5-16)17-18-19/h6-7,11-13,22-23H,2-5,8H2,1H3/t11-,12+,13?/m0/s1. The maximum Gasteiger partial charge on any atom is 0.333 e. The van der Waals surface area contributed by atoms with E-state index in [1.54, 1.807) is 6.92 Å². The third-order valence-electron chi connectivity index (χ3n) is 4.34. The zero-order chi connectivity index (χ0) is 18.8. The zero-order valence-electron chi connectivity index (χ0n) is 14.2. The van der Waals surface area contributed by atoms with Gasteiger partial charge < -0.3 is 14.9 Å². The van der Waals surface area contributed by atoms with Crippen molar-refractivity contribution in [2.45, 2.75) is 51.5 Å². The molecule has 1 unspecified atom stereocenters. The number of nitrogens with zero attached hydrogens (tertiary/aromatic N) is 5. The van der Waals surface area contributed by atoms with Gasteiger partial charge in [0.25, 0.3) is 5.56 Å². The highest BCUT2D eigenvalue weighted by Gasteiger charge is 2.35. The van der Waals surface area contributed by atoms with E-state index in [0.29, 0.717) is 5.56 Å². The number of aliphatic hydroxyl groups excluding tert-OH is 2. The third kappa shape index (κ3) is 3.45. The van der Waals surface area contributed by atoms with E-state index in [1.807, 2.05) is 0 Å². The van der Waals surface area contributed by atoms with Gasteiger partial charge in [0.05, 0.1) is 32.0 Å². The number of halogens is 1. The Morgan fingerprint density at radius 1 is 1.35 bits per heavy atom. The average molecular weight is 369 g/mol. The van der Waals surface area contributed by atoms with Crippen molar-refractivity contribution in [1.29, 1.82) is 0 Å². The van der Waals surface area contributed by atoms with Gasteiger partial charge in [0.15, 0.2) is 0 Å². The van der Waals surface area contributed by atoms with Crippen LogP contribution in [0.15, 0.2) is 22.0 Å². The molecule has 1 aliphatic heterocycles. The van der Waals surface area contributed by atoms with Crippen molar-refractivity contribution in [1.82, 2.24) is 24.1 Å². The topological polar surface area (TPSA) is 124 Å². The molecule has 3 rings (SSSR count). The smallest absolute Gasteiger partial charge is 0.333 e.